The van der Waals surface area contributed by atoms with Crippen molar-refractivity contribution in [3.63, 3.8) is 0 Å². The summed E-state index contributed by atoms with van der Waals surface area (Å²) in [7, 11) is 0. The van der Waals surface area contributed by atoms with Crippen molar-refractivity contribution >= 4 is 17.6 Å². The molecule has 1 aromatic carbocycles. The van der Waals surface area contributed by atoms with E-state index in [0.717, 1.165) is 18.0 Å². The Labute approximate surface area is 120 Å². The van der Waals surface area contributed by atoms with Gasteiger partial charge in [-0.15, -0.1) is 0 Å². The lowest BCUT2D eigenvalue weighted by Gasteiger charge is -2.19. The van der Waals surface area contributed by atoms with E-state index in [4.69, 9.17) is 16.3 Å². The molecule has 19 heavy (non-hydrogen) atoms. The van der Waals surface area contributed by atoms with Crippen LogP contribution in [0.1, 0.15) is 32.8 Å². The monoisotopic (exact) mass is 283 g/mol. The van der Waals surface area contributed by atoms with Crippen LogP contribution in [0.15, 0.2) is 24.3 Å². The summed E-state index contributed by atoms with van der Waals surface area (Å²) in [5.41, 5.74) is 0.828. The maximum Gasteiger partial charge on any atom is 0.307 e. The lowest BCUT2D eigenvalue weighted by Crippen LogP contribution is -2.27. The van der Waals surface area contributed by atoms with Crippen LogP contribution in [0.4, 0.5) is 0 Å². The van der Waals surface area contributed by atoms with Gasteiger partial charge in [0.15, 0.2) is 0 Å². The summed E-state index contributed by atoms with van der Waals surface area (Å²) >= 11 is 5.82. The zero-order chi connectivity index (χ0) is 14.3. The fourth-order valence-corrected chi connectivity index (χ4v) is 1.72. The Bertz CT molecular complexity index is 396. The van der Waals surface area contributed by atoms with E-state index in [1.54, 1.807) is 0 Å². The first-order chi connectivity index (χ1) is 8.87. The van der Waals surface area contributed by atoms with Crippen molar-refractivity contribution < 1.29 is 9.53 Å². The highest BCUT2D eigenvalue weighted by Gasteiger charge is 2.15. The number of hydrogen-bond donors (Lipinski definition) is 1. The van der Waals surface area contributed by atoms with Crippen molar-refractivity contribution in [2.24, 2.45) is 0 Å². The Morgan fingerprint density at radius 2 is 1.84 bits per heavy atom. The van der Waals surface area contributed by atoms with Crippen LogP contribution in [0.3, 0.4) is 0 Å². The van der Waals surface area contributed by atoms with Gasteiger partial charge in [-0.3, -0.25) is 4.79 Å². The molecule has 0 radical (unpaired) electrons. The second-order valence-corrected chi connectivity index (χ2v) is 5.90. The van der Waals surface area contributed by atoms with E-state index in [0.29, 0.717) is 13.0 Å². The van der Waals surface area contributed by atoms with Crippen LogP contribution in [-0.4, -0.2) is 24.7 Å². The van der Waals surface area contributed by atoms with Gasteiger partial charge in [-0.05, 0) is 51.4 Å². The molecule has 0 bridgehead atoms. The largest absolute Gasteiger partial charge is 0.460 e. The Hall–Kier alpha value is -1.06. The summed E-state index contributed by atoms with van der Waals surface area (Å²) in [6.45, 7) is 7.10. The molecule has 0 fully saturated rings. The van der Waals surface area contributed by atoms with Crippen LogP contribution in [0, 0.1) is 0 Å². The molecule has 0 heterocycles. The molecule has 0 spiro atoms. The lowest BCUT2D eigenvalue weighted by molar-refractivity contribution is -0.154. The zero-order valence-corrected chi connectivity index (χ0v) is 12.6. The van der Waals surface area contributed by atoms with Gasteiger partial charge in [0.05, 0.1) is 6.42 Å². The maximum absolute atomic E-state index is 11.5. The standard InChI is InChI=1S/C15H22ClNO2/c1-15(2,3)19-14(18)9-11-17-10-8-12-4-6-13(16)7-5-12/h4-7,17H,8-11H2,1-3H3. The van der Waals surface area contributed by atoms with Crippen molar-refractivity contribution in [3.8, 4) is 0 Å². The quantitative estimate of drug-likeness (QED) is 0.644. The molecule has 106 valence electrons. The van der Waals surface area contributed by atoms with E-state index < -0.39 is 5.60 Å². The molecule has 0 aliphatic rings. The van der Waals surface area contributed by atoms with E-state index in [1.165, 1.54) is 5.56 Å². The lowest BCUT2D eigenvalue weighted by atomic mass is 10.1. The summed E-state index contributed by atoms with van der Waals surface area (Å²) in [5, 5.41) is 3.98. The number of ether oxygens (including phenoxy) is 1. The molecular weight excluding hydrogens is 262 g/mol. The highest BCUT2D eigenvalue weighted by atomic mass is 35.5. The summed E-state index contributed by atoms with van der Waals surface area (Å²) in [6.07, 6.45) is 1.32. The van der Waals surface area contributed by atoms with Gasteiger partial charge >= 0.3 is 5.97 Å². The van der Waals surface area contributed by atoms with Gasteiger partial charge in [0.25, 0.3) is 0 Å². The van der Waals surface area contributed by atoms with Crippen LogP contribution in [0.25, 0.3) is 0 Å². The molecular formula is C15H22ClNO2. The fourth-order valence-electron chi connectivity index (χ4n) is 1.59. The average Bonchev–Trinajstić information content (AvgIpc) is 2.29. The molecule has 1 rings (SSSR count). The number of esters is 1. The van der Waals surface area contributed by atoms with Crippen LogP contribution >= 0.6 is 11.6 Å². The smallest absolute Gasteiger partial charge is 0.307 e. The molecule has 1 N–H and O–H groups in total. The zero-order valence-electron chi connectivity index (χ0n) is 11.8. The Morgan fingerprint density at radius 3 is 2.42 bits per heavy atom. The first kappa shape index (κ1) is 16.0. The Kier molecular flexibility index (Phi) is 6.32. The van der Waals surface area contributed by atoms with Crippen LogP contribution in [0.5, 0.6) is 0 Å². The minimum atomic E-state index is -0.402. The molecule has 1 aromatic rings. The summed E-state index contributed by atoms with van der Waals surface area (Å²) < 4.78 is 5.22. The van der Waals surface area contributed by atoms with Gasteiger partial charge in [-0.25, -0.2) is 0 Å². The van der Waals surface area contributed by atoms with Gasteiger partial charge in [0, 0.05) is 11.6 Å². The van der Waals surface area contributed by atoms with Crippen molar-refractivity contribution in [3.05, 3.63) is 34.9 Å². The van der Waals surface area contributed by atoms with E-state index in [-0.39, 0.29) is 5.97 Å². The van der Waals surface area contributed by atoms with E-state index in [9.17, 15) is 4.79 Å². The van der Waals surface area contributed by atoms with Gasteiger partial charge in [0.1, 0.15) is 5.60 Å². The third-order valence-electron chi connectivity index (χ3n) is 2.43. The first-order valence-electron chi connectivity index (χ1n) is 6.54. The highest BCUT2D eigenvalue weighted by Crippen LogP contribution is 2.09. The molecule has 4 heteroatoms. The molecule has 0 aliphatic heterocycles. The summed E-state index contributed by atoms with van der Waals surface area (Å²) in [4.78, 5) is 11.5. The molecule has 0 saturated heterocycles. The van der Waals surface area contributed by atoms with Crippen molar-refractivity contribution in [2.75, 3.05) is 13.1 Å². The molecule has 0 atom stereocenters. The van der Waals surface area contributed by atoms with Gasteiger partial charge < -0.3 is 10.1 Å². The Balaban J connectivity index is 2.11. The predicted molar refractivity (Wildman–Crippen MR) is 78.5 cm³/mol. The number of carbonyl (C=O) groups excluding carboxylic acids is 1. The van der Waals surface area contributed by atoms with Crippen molar-refractivity contribution in [1.29, 1.82) is 0 Å². The minimum absolute atomic E-state index is 0.161. The van der Waals surface area contributed by atoms with Gasteiger partial charge in [-0.2, -0.15) is 0 Å². The predicted octanol–water partition coefficient (Wildman–Crippen LogP) is 3.20. The van der Waals surface area contributed by atoms with Crippen molar-refractivity contribution in [2.45, 2.75) is 39.2 Å². The first-order valence-corrected chi connectivity index (χ1v) is 6.91. The van der Waals surface area contributed by atoms with Crippen LogP contribution in [0.2, 0.25) is 5.02 Å². The maximum atomic E-state index is 11.5. The molecule has 0 saturated carbocycles. The number of hydrogen-bond acceptors (Lipinski definition) is 3. The molecule has 3 nitrogen and oxygen atoms in total. The normalized spacial score (nSPS) is 11.4. The molecule has 0 aromatic heterocycles. The summed E-state index contributed by atoms with van der Waals surface area (Å²) in [6, 6.07) is 7.80. The van der Waals surface area contributed by atoms with E-state index in [1.807, 2.05) is 45.0 Å². The number of rotatable bonds is 6. The van der Waals surface area contributed by atoms with Crippen LogP contribution < -0.4 is 5.32 Å². The number of nitrogens with one attached hydrogen (secondary N) is 1. The topological polar surface area (TPSA) is 38.3 Å². The summed E-state index contributed by atoms with van der Waals surface area (Å²) in [5.74, 6) is -0.161. The van der Waals surface area contributed by atoms with Gasteiger partial charge in [-0.1, -0.05) is 23.7 Å². The third-order valence-corrected chi connectivity index (χ3v) is 2.68. The fraction of sp³-hybridized carbons (Fsp3) is 0.533. The molecule has 0 amide bonds. The molecule has 0 unspecified atom stereocenters. The number of halogens is 1. The highest BCUT2D eigenvalue weighted by molar-refractivity contribution is 6.30. The van der Waals surface area contributed by atoms with E-state index >= 15 is 0 Å². The third kappa shape index (κ3) is 7.85. The van der Waals surface area contributed by atoms with Crippen LogP contribution in [-0.2, 0) is 16.0 Å². The number of carbonyl (C=O) groups is 1. The minimum Gasteiger partial charge on any atom is -0.460 e. The van der Waals surface area contributed by atoms with Gasteiger partial charge in [0.2, 0.25) is 0 Å². The molecule has 0 aliphatic carbocycles. The Morgan fingerprint density at radius 1 is 1.21 bits per heavy atom. The second-order valence-electron chi connectivity index (χ2n) is 5.46. The number of benzene rings is 1. The van der Waals surface area contributed by atoms with Crippen molar-refractivity contribution in [1.82, 2.24) is 5.32 Å². The SMILES string of the molecule is CC(C)(C)OC(=O)CCNCCc1ccc(Cl)cc1. The van der Waals surface area contributed by atoms with E-state index in [2.05, 4.69) is 5.32 Å². The second kappa shape index (κ2) is 7.51. The average molecular weight is 284 g/mol.